The highest BCUT2D eigenvalue weighted by atomic mass is 16.2. The maximum atomic E-state index is 13.2. The lowest BCUT2D eigenvalue weighted by Gasteiger charge is -2.25. The van der Waals surface area contributed by atoms with Crippen molar-refractivity contribution >= 4 is 16.8 Å². The second-order valence-corrected chi connectivity index (χ2v) is 7.80. The predicted octanol–water partition coefficient (Wildman–Crippen LogP) is 2.75. The van der Waals surface area contributed by atoms with Gasteiger partial charge in [0, 0.05) is 54.7 Å². The van der Waals surface area contributed by atoms with Gasteiger partial charge in [0.1, 0.15) is 6.54 Å². The molecule has 144 valence electrons. The molecule has 3 aromatic rings. The van der Waals surface area contributed by atoms with Gasteiger partial charge in [-0.3, -0.25) is 4.79 Å². The number of hydrogen-bond acceptors (Lipinski definition) is 4. The van der Waals surface area contributed by atoms with Gasteiger partial charge in [-0.1, -0.05) is 18.2 Å². The van der Waals surface area contributed by atoms with Crippen LogP contribution in [0.5, 0.6) is 0 Å². The highest BCUT2D eigenvalue weighted by Gasteiger charge is 2.32. The van der Waals surface area contributed by atoms with Crippen LogP contribution in [0.15, 0.2) is 36.5 Å². The monoisotopic (exact) mass is 375 g/mol. The topological polar surface area (TPSA) is 63.1 Å². The van der Waals surface area contributed by atoms with Gasteiger partial charge in [-0.25, -0.2) is 9.97 Å². The molecule has 0 radical (unpaired) electrons. The molecule has 1 saturated heterocycles. The molecule has 4 heterocycles. The van der Waals surface area contributed by atoms with Crippen LogP contribution in [0, 0.1) is 6.92 Å². The van der Waals surface area contributed by atoms with Crippen LogP contribution in [-0.2, 0) is 24.3 Å². The van der Waals surface area contributed by atoms with Crippen molar-refractivity contribution in [2.75, 3.05) is 13.1 Å². The fraction of sp³-hybridized carbons (Fsp3) is 0.409. The van der Waals surface area contributed by atoms with E-state index < -0.39 is 0 Å². The van der Waals surface area contributed by atoms with Crippen molar-refractivity contribution < 1.29 is 4.79 Å². The standard InChI is InChI=1S/C22H25N5O/c1-15-11-16-5-2-3-6-19(16)27(15)14-21(28)26-10-4-7-20(26)22-24-13-17-12-23-9-8-18(17)25-22/h2-3,5-6,11,13,20,23H,4,7-10,12,14H2,1H3. The summed E-state index contributed by atoms with van der Waals surface area (Å²) in [4.78, 5) is 24.7. The van der Waals surface area contributed by atoms with E-state index in [0.29, 0.717) is 6.54 Å². The second kappa shape index (κ2) is 7.02. The number of nitrogens with zero attached hydrogens (tertiary/aromatic N) is 4. The Kier molecular flexibility index (Phi) is 4.36. The minimum Gasteiger partial charge on any atom is -0.335 e. The molecule has 1 N–H and O–H groups in total. The summed E-state index contributed by atoms with van der Waals surface area (Å²) in [5.74, 6) is 0.954. The summed E-state index contributed by atoms with van der Waals surface area (Å²) in [7, 11) is 0. The van der Waals surface area contributed by atoms with Crippen LogP contribution < -0.4 is 5.32 Å². The minimum atomic E-state index is -0.00480. The zero-order valence-corrected chi connectivity index (χ0v) is 16.2. The fourth-order valence-electron chi connectivity index (χ4n) is 4.53. The first kappa shape index (κ1) is 17.4. The van der Waals surface area contributed by atoms with Crippen molar-refractivity contribution in [2.45, 2.75) is 45.3 Å². The number of benzene rings is 1. The SMILES string of the molecule is Cc1cc2ccccc2n1CC(=O)N1CCCC1c1ncc2c(n1)CCNC2. The van der Waals surface area contributed by atoms with Crippen molar-refractivity contribution in [3.8, 4) is 0 Å². The Hall–Kier alpha value is -2.73. The number of nitrogens with one attached hydrogen (secondary N) is 1. The Morgan fingerprint density at radius 2 is 2.21 bits per heavy atom. The van der Waals surface area contributed by atoms with Gasteiger partial charge in [0.15, 0.2) is 5.82 Å². The smallest absolute Gasteiger partial charge is 0.243 e. The average Bonchev–Trinajstić information content (AvgIpc) is 3.33. The van der Waals surface area contributed by atoms with E-state index in [0.717, 1.165) is 61.6 Å². The quantitative estimate of drug-likeness (QED) is 0.765. The molecule has 1 amide bonds. The summed E-state index contributed by atoms with van der Waals surface area (Å²) in [6.07, 6.45) is 4.81. The van der Waals surface area contributed by atoms with Crippen LogP contribution in [0.1, 0.15) is 41.7 Å². The molecule has 1 atom stereocenters. The molecular formula is C22H25N5O. The van der Waals surface area contributed by atoms with E-state index in [1.54, 1.807) is 0 Å². The summed E-state index contributed by atoms with van der Waals surface area (Å²) in [5, 5.41) is 4.53. The fourth-order valence-corrected chi connectivity index (χ4v) is 4.53. The molecule has 2 aliphatic heterocycles. The van der Waals surface area contributed by atoms with Gasteiger partial charge in [0.2, 0.25) is 5.91 Å². The van der Waals surface area contributed by atoms with E-state index in [-0.39, 0.29) is 11.9 Å². The van der Waals surface area contributed by atoms with Crippen LogP contribution in [0.2, 0.25) is 0 Å². The number of aryl methyl sites for hydroxylation is 1. The third kappa shape index (κ3) is 2.98. The van der Waals surface area contributed by atoms with E-state index >= 15 is 0 Å². The zero-order chi connectivity index (χ0) is 19.1. The van der Waals surface area contributed by atoms with Crippen molar-refractivity contribution in [3.05, 3.63) is 59.3 Å². The summed E-state index contributed by atoms with van der Waals surface area (Å²) in [6.45, 7) is 5.00. The van der Waals surface area contributed by atoms with Gasteiger partial charge in [-0.15, -0.1) is 0 Å². The summed E-state index contributed by atoms with van der Waals surface area (Å²) in [5.41, 5.74) is 4.54. The second-order valence-electron chi connectivity index (χ2n) is 7.80. The van der Waals surface area contributed by atoms with Crippen molar-refractivity contribution in [2.24, 2.45) is 0 Å². The van der Waals surface area contributed by atoms with Crippen LogP contribution >= 0.6 is 0 Å². The summed E-state index contributed by atoms with van der Waals surface area (Å²) >= 11 is 0. The van der Waals surface area contributed by atoms with Gasteiger partial charge >= 0.3 is 0 Å². The van der Waals surface area contributed by atoms with E-state index in [4.69, 9.17) is 4.98 Å². The molecule has 1 aromatic carbocycles. The Bertz CT molecular complexity index is 1040. The molecular weight excluding hydrogens is 350 g/mol. The number of likely N-dealkylation sites (tertiary alicyclic amines) is 1. The minimum absolute atomic E-state index is 0.00480. The van der Waals surface area contributed by atoms with Gasteiger partial charge < -0.3 is 14.8 Å². The molecule has 28 heavy (non-hydrogen) atoms. The maximum Gasteiger partial charge on any atom is 0.243 e. The lowest BCUT2D eigenvalue weighted by Crippen LogP contribution is -2.35. The number of rotatable bonds is 3. The Labute approximate surface area is 164 Å². The molecule has 6 nitrogen and oxygen atoms in total. The lowest BCUT2D eigenvalue weighted by molar-refractivity contribution is -0.132. The lowest BCUT2D eigenvalue weighted by atomic mass is 10.1. The van der Waals surface area contributed by atoms with Crippen LogP contribution in [0.4, 0.5) is 0 Å². The highest BCUT2D eigenvalue weighted by molar-refractivity contribution is 5.84. The number of para-hydroxylation sites is 1. The zero-order valence-electron chi connectivity index (χ0n) is 16.2. The van der Waals surface area contributed by atoms with Gasteiger partial charge in [0.05, 0.1) is 6.04 Å². The van der Waals surface area contributed by atoms with Gasteiger partial charge in [-0.2, -0.15) is 0 Å². The van der Waals surface area contributed by atoms with E-state index in [1.807, 2.05) is 23.2 Å². The van der Waals surface area contributed by atoms with Crippen molar-refractivity contribution in [1.82, 2.24) is 24.8 Å². The van der Waals surface area contributed by atoms with Crippen LogP contribution in [0.25, 0.3) is 10.9 Å². The number of carbonyl (C=O) groups excluding carboxylic acids is 1. The first-order chi connectivity index (χ1) is 13.7. The van der Waals surface area contributed by atoms with Crippen molar-refractivity contribution in [1.29, 1.82) is 0 Å². The molecule has 2 aromatic heterocycles. The first-order valence-electron chi connectivity index (χ1n) is 10.1. The molecule has 0 bridgehead atoms. The van der Waals surface area contributed by atoms with Gasteiger partial charge in [-0.05, 0) is 37.3 Å². The summed E-state index contributed by atoms with van der Waals surface area (Å²) in [6, 6.07) is 10.4. The van der Waals surface area contributed by atoms with Gasteiger partial charge in [0.25, 0.3) is 0 Å². The molecule has 6 heteroatoms. The largest absolute Gasteiger partial charge is 0.335 e. The molecule has 1 fully saturated rings. The molecule has 0 saturated carbocycles. The first-order valence-corrected chi connectivity index (χ1v) is 10.1. The van der Waals surface area contributed by atoms with E-state index in [1.165, 1.54) is 10.9 Å². The molecule has 0 spiro atoms. The number of fused-ring (bicyclic) bond motifs is 2. The number of amides is 1. The average molecular weight is 375 g/mol. The van der Waals surface area contributed by atoms with Crippen LogP contribution in [-0.4, -0.2) is 38.4 Å². The molecule has 2 aliphatic rings. The Morgan fingerprint density at radius 3 is 3.14 bits per heavy atom. The maximum absolute atomic E-state index is 13.2. The number of carbonyl (C=O) groups is 1. The third-order valence-corrected chi connectivity index (χ3v) is 6.01. The Balaban J connectivity index is 1.40. The molecule has 5 rings (SSSR count). The Morgan fingerprint density at radius 1 is 1.32 bits per heavy atom. The number of aromatic nitrogens is 3. The van der Waals surface area contributed by atoms with E-state index in [9.17, 15) is 4.79 Å². The predicted molar refractivity (Wildman–Crippen MR) is 108 cm³/mol. The third-order valence-electron chi connectivity index (χ3n) is 6.01. The normalized spacial score (nSPS) is 19.2. The van der Waals surface area contributed by atoms with Crippen molar-refractivity contribution in [3.63, 3.8) is 0 Å². The molecule has 0 aliphatic carbocycles. The number of hydrogen-bond donors (Lipinski definition) is 1. The highest BCUT2D eigenvalue weighted by Crippen LogP contribution is 2.31. The summed E-state index contributed by atoms with van der Waals surface area (Å²) < 4.78 is 2.12. The molecule has 1 unspecified atom stereocenters. The van der Waals surface area contributed by atoms with Crippen LogP contribution in [0.3, 0.4) is 0 Å². The van der Waals surface area contributed by atoms with E-state index in [2.05, 4.69) is 40.0 Å².